The van der Waals surface area contributed by atoms with Crippen molar-refractivity contribution < 1.29 is 26.0 Å². The minimum absolute atomic E-state index is 0.0965. The van der Waals surface area contributed by atoms with Crippen molar-refractivity contribution in [2.45, 2.75) is 33.4 Å². The number of rotatable bonds is 8. The monoisotopic (exact) mass is 460 g/mol. The van der Waals surface area contributed by atoms with Crippen LogP contribution in [0.4, 0.5) is 4.39 Å². The third kappa shape index (κ3) is 4.05. The first kappa shape index (κ1) is 22.8. The maximum atomic E-state index is 17.1. The summed E-state index contributed by atoms with van der Waals surface area (Å²) in [6.45, 7) is 1.17. The molecule has 0 aliphatic carbocycles. The Kier molecular flexibility index (Phi) is 6.43. The molecule has 1 unspecified atom stereocenters. The van der Waals surface area contributed by atoms with E-state index in [9.17, 15) is 21.6 Å². The number of benzene rings is 3. The van der Waals surface area contributed by atoms with Gasteiger partial charge in [0, 0.05) is 6.42 Å². The van der Waals surface area contributed by atoms with Gasteiger partial charge in [0.2, 0.25) is 19.7 Å². The summed E-state index contributed by atoms with van der Waals surface area (Å²) in [7, 11) is -10.2. The fourth-order valence-electron chi connectivity index (χ4n) is 3.45. The second-order valence-electron chi connectivity index (χ2n) is 7.08. The number of sulfone groups is 2. The third-order valence-electron chi connectivity index (χ3n) is 4.95. The molecule has 162 valence electrons. The van der Waals surface area contributed by atoms with Gasteiger partial charge in [-0.15, -0.1) is 0 Å². The summed E-state index contributed by atoms with van der Waals surface area (Å²) < 4.78 is 67.7. The van der Waals surface area contributed by atoms with Crippen molar-refractivity contribution in [1.29, 1.82) is 0 Å². The summed E-state index contributed by atoms with van der Waals surface area (Å²) in [4.78, 5) is 11.1. The van der Waals surface area contributed by atoms with E-state index in [0.717, 1.165) is 24.3 Å². The Bertz CT molecular complexity index is 1190. The molecule has 0 N–H and O–H groups in total. The predicted octanol–water partition coefficient (Wildman–Crippen LogP) is 4.32. The van der Waals surface area contributed by atoms with Crippen LogP contribution in [-0.2, 0) is 24.5 Å². The molecule has 3 rings (SSSR count). The average Bonchev–Trinajstić information content (AvgIpc) is 2.78. The summed E-state index contributed by atoms with van der Waals surface area (Å²) in [5.74, 6) is -2.32. The smallest absolute Gasteiger partial charge is 0.300 e. The van der Waals surface area contributed by atoms with Crippen molar-refractivity contribution in [3.05, 3.63) is 96.6 Å². The van der Waals surface area contributed by atoms with E-state index < -0.39 is 51.9 Å². The summed E-state index contributed by atoms with van der Waals surface area (Å²) in [5.41, 5.74) is 0.0965. The third-order valence-corrected chi connectivity index (χ3v) is 10.1. The van der Waals surface area contributed by atoms with E-state index in [4.69, 9.17) is 0 Å². The van der Waals surface area contributed by atoms with Crippen LogP contribution in [0.15, 0.2) is 101 Å². The lowest BCUT2D eigenvalue weighted by Gasteiger charge is -2.33. The highest BCUT2D eigenvalue weighted by Gasteiger charge is 2.62. The Morgan fingerprint density at radius 1 is 0.742 bits per heavy atom. The first-order chi connectivity index (χ1) is 14.6. The average molecular weight is 461 g/mol. The van der Waals surface area contributed by atoms with Gasteiger partial charge in [-0.05, 0) is 36.8 Å². The van der Waals surface area contributed by atoms with Gasteiger partial charge < -0.3 is 4.79 Å². The van der Waals surface area contributed by atoms with Gasteiger partial charge in [0.05, 0.1) is 15.7 Å². The molecule has 0 amide bonds. The topological polar surface area (TPSA) is 85.3 Å². The second-order valence-corrected chi connectivity index (χ2v) is 11.5. The molecule has 0 fully saturated rings. The number of Topliss-reactive ketones (excluding diaryl/α,β-unsaturated/α-hetero) is 1. The van der Waals surface area contributed by atoms with Gasteiger partial charge in [-0.1, -0.05) is 66.7 Å². The molecule has 5 nitrogen and oxygen atoms in total. The van der Waals surface area contributed by atoms with E-state index in [0.29, 0.717) is 0 Å². The Morgan fingerprint density at radius 2 is 1.10 bits per heavy atom. The second kappa shape index (κ2) is 8.72. The van der Waals surface area contributed by atoms with Gasteiger partial charge in [-0.25, -0.2) is 21.2 Å². The van der Waals surface area contributed by atoms with Crippen LogP contribution in [-0.4, -0.2) is 27.0 Å². The van der Waals surface area contributed by atoms with Crippen molar-refractivity contribution in [2.24, 2.45) is 0 Å². The number of hydrogen-bond acceptors (Lipinski definition) is 5. The minimum atomic E-state index is -5.11. The number of alkyl halides is 1. The molecule has 0 aliphatic rings. The van der Waals surface area contributed by atoms with Gasteiger partial charge in [0.25, 0.3) is 0 Å². The van der Waals surface area contributed by atoms with Crippen molar-refractivity contribution in [3.8, 4) is 0 Å². The van der Waals surface area contributed by atoms with Gasteiger partial charge in [-0.3, -0.25) is 0 Å². The Hall–Kier alpha value is -2.84. The first-order valence-electron chi connectivity index (χ1n) is 9.45. The zero-order valence-electron chi connectivity index (χ0n) is 16.7. The molecule has 31 heavy (non-hydrogen) atoms. The zero-order chi connectivity index (χ0) is 22.7. The maximum Gasteiger partial charge on any atom is 0.324 e. The molecular formula is C23H21FO5S2. The lowest BCUT2D eigenvalue weighted by molar-refractivity contribution is -0.117. The fourth-order valence-corrected chi connectivity index (χ4v) is 8.05. The molecule has 0 radical (unpaired) electrons. The number of carbonyl (C=O) groups excluding carboxylic acids is 1. The van der Waals surface area contributed by atoms with E-state index >= 15 is 4.39 Å². The standard InChI is InChI=1S/C23H21FO5S2/c1-18(25)17-22(19-11-5-2-6-12-19)23(24,30(26,27)20-13-7-3-8-14-20)31(28,29)21-15-9-4-10-16-21/h2-16,22H,17H2,1H3. The van der Waals surface area contributed by atoms with Gasteiger partial charge in [-0.2, -0.15) is 0 Å². The van der Waals surface area contributed by atoms with E-state index in [1.165, 1.54) is 67.6 Å². The number of carbonyl (C=O) groups is 1. The van der Waals surface area contributed by atoms with Crippen molar-refractivity contribution in [3.63, 3.8) is 0 Å². The fraction of sp³-hybridized carbons (Fsp3) is 0.174. The summed E-state index contributed by atoms with van der Waals surface area (Å²) in [5, 5.41) is 0. The van der Waals surface area contributed by atoms with Crippen molar-refractivity contribution >= 4 is 25.5 Å². The Labute approximate surface area is 181 Å². The highest BCUT2D eigenvalue weighted by atomic mass is 32.3. The molecule has 0 spiro atoms. The highest BCUT2D eigenvalue weighted by molar-refractivity contribution is 8.10. The first-order valence-corrected chi connectivity index (χ1v) is 12.4. The van der Waals surface area contributed by atoms with Crippen LogP contribution in [0.25, 0.3) is 0 Å². The van der Waals surface area contributed by atoms with Gasteiger partial charge in [0.1, 0.15) is 5.78 Å². The molecule has 3 aromatic rings. The van der Waals surface area contributed by atoms with Crippen LogP contribution in [0.2, 0.25) is 0 Å². The molecular weight excluding hydrogens is 439 g/mol. The van der Waals surface area contributed by atoms with Crippen LogP contribution in [0.5, 0.6) is 0 Å². The SMILES string of the molecule is CC(=O)CC(c1ccccc1)C(F)(S(=O)(=O)c1ccccc1)S(=O)(=O)c1ccccc1. The number of ketones is 1. The van der Waals surface area contributed by atoms with E-state index in [2.05, 4.69) is 0 Å². The number of halogens is 1. The Balaban J connectivity index is 2.40. The van der Waals surface area contributed by atoms with Crippen LogP contribution in [0.1, 0.15) is 24.8 Å². The van der Waals surface area contributed by atoms with Crippen LogP contribution in [0.3, 0.4) is 0 Å². The van der Waals surface area contributed by atoms with Crippen LogP contribution >= 0.6 is 0 Å². The molecule has 0 bridgehead atoms. The summed E-state index contributed by atoms with van der Waals surface area (Å²) in [6, 6.07) is 20.7. The normalized spacial score (nSPS) is 13.5. The predicted molar refractivity (Wildman–Crippen MR) is 116 cm³/mol. The lowest BCUT2D eigenvalue weighted by atomic mass is 9.95. The van der Waals surface area contributed by atoms with Gasteiger partial charge >= 0.3 is 4.33 Å². The molecule has 8 heteroatoms. The van der Waals surface area contributed by atoms with E-state index in [1.54, 1.807) is 6.07 Å². The maximum absolute atomic E-state index is 17.1. The van der Waals surface area contributed by atoms with Crippen LogP contribution in [0, 0.1) is 0 Å². The van der Waals surface area contributed by atoms with E-state index in [1.807, 2.05) is 0 Å². The largest absolute Gasteiger partial charge is 0.324 e. The van der Waals surface area contributed by atoms with Gasteiger partial charge in [0.15, 0.2) is 0 Å². The lowest BCUT2D eigenvalue weighted by Crippen LogP contribution is -2.48. The molecule has 1 atom stereocenters. The van der Waals surface area contributed by atoms with Crippen molar-refractivity contribution in [1.82, 2.24) is 0 Å². The molecule has 0 heterocycles. The van der Waals surface area contributed by atoms with E-state index in [-0.39, 0.29) is 5.56 Å². The Morgan fingerprint density at radius 3 is 1.45 bits per heavy atom. The molecule has 0 aromatic heterocycles. The highest BCUT2D eigenvalue weighted by Crippen LogP contribution is 2.48. The zero-order valence-corrected chi connectivity index (χ0v) is 18.3. The molecule has 3 aromatic carbocycles. The van der Waals surface area contributed by atoms with Crippen molar-refractivity contribution in [2.75, 3.05) is 0 Å². The molecule has 0 aliphatic heterocycles. The summed E-state index contributed by atoms with van der Waals surface area (Å²) in [6.07, 6.45) is -0.612. The quantitative estimate of drug-likeness (QED) is 0.500. The minimum Gasteiger partial charge on any atom is -0.300 e. The molecule has 0 saturated heterocycles. The number of hydrogen-bond donors (Lipinski definition) is 0. The molecule has 0 saturated carbocycles. The summed E-state index contributed by atoms with van der Waals surface area (Å²) >= 11 is 0. The van der Waals surface area contributed by atoms with Crippen LogP contribution < -0.4 is 0 Å².